The number of fused-ring (bicyclic) bond motifs is 1. The Hall–Kier alpha value is -2.43. The van der Waals surface area contributed by atoms with Crippen LogP contribution in [0.4, 0.5) is 4.39 Å². The van der Waals surface area contributed by atoms with Crippen LogP contribution in [0.5, 0.6) is 0 Å². The second-order valence-corrected chi connectivity index (χ2v) is 8.15. The highest BCUT2D eigenvalue weighted by atomic mass is 35.5. The molecule has 2 unspecified atom stereocenters. The number of pyridine rings is 1. The van der Waals surface area contributed by atoms with Gasteiger partial charge in [-0.25, -0.2) is 4.39 Å². The van der Waals surface area contributed by atoms with E-state index in [2.05, 4.69) is 27.1 Å². The Morgan fingerprint density at radius 1 is 1.07 bits per heavy atom. The molecule has 5 rings (SSSR count). The molecule has 3 aromatic rings. The molecule has 0 aliphatic carbocycles. The summed E-state index contributed by atoms with van der Waals surface area (Å²) >= 11 is 6.39. The van der Waals surface area contributed by atoms with Crippen molar-refractivity contribution < 1.29 is 4.39 Å². The molecule has 1 fully saturated rings. The zero-order valence-corrected chi connectivity index (χ0v) is 16.2. The molecular formula is C23H21ClFN3. The third kappa shape index (κ3) is 3.17. The molecule has 2 atom stereocenters. The first kappa shape index (κ1) is 17.7. The van der Waals surface area contributed by atoms with Gasteiger partial charge in [0.05, 0.1) is 5.69 Å². The molecule has 2 aliphatic heterocycles. The lowest BCUT2D eigenvalue weighted by Gasteiger charge is -2.28. The van der Waals surface area contributed by atoms with Crippen LogP contribution >= 0.6 is 11.6 Å². The average molecular weight is 394 g/mol. The van der Waals surface area contributed by atoms with E-state index in [1.165, 1.54) is 23.3 Å². The molecule has 0 bridgehead atoms. The van der Waals surface area contributed by atoms with Crippen LogP contribution in [-0.4, -0.2) is 39.4 Å². The van der Waals surface area contributed by atoms with Gasteiger partial charge in [0.1, 0.15) is 5.82 Å². The van der Waals surface area contributed by atoms with Crippen molar-refractivity contribution in [2.75, 3.05) is 13.1 Å². The number of H-pyrrole nitrogens is 1. The molecule has 1 saturated heterocycles. The quantitative estimate of drug-likeness (QED) is 0.608. The van der Waals surface area contributed by atoms with E-state index in [9.17, 15) is 4.39 Å². The highest BCUT2D eigenvalue weighted by Crippen LogP contribution is 2.41. The zero-order valence-electron chi connectivity index (χ0n) is 15.4. The van der Waals surface area contributed by atoms with E-state index in [0.29, 0.717) is 6.04 Å². The van der Waals surface area contributed by atoms with Gasteiger partial charge in [0.2, 0.25) is 0 Å². The minimum absolute atomic E-state index is 0.229. The van der Waals surface area contributed by atoms with E-state index in [1.54, 1.807) is 0 Å². The Kier molecular flexibility index (Phi) is 4.53. The molecule has 0 spiro atoms. The van der Waals surface area contributed by atoms with Crippen molar-refractivity contribution in [2.45, 2.75) is 24.3 Å². The van der Waals surface area contributed by atoms with Gasteiger partial charge in [0.25, 0.3) is 0 Å². The SMILES string of the molecule is Fc1ccc(-c2[nH]cc(C3=CC4CC(Cl)CN4CC3)c2-c2ccncc2)cc1. The summed E-state index contributed by atoms with van der Waals surface area (Å²) in [6.45, 7) is 2.01. The molecule has 2 aromatic heterocycles. The minimum atomic E-state index is -0.229. The number of hydrogen-bond acceptors (Lipinski definition) is 2. The Morgan fingerprint density at radius 3 is 2.64 bits per heavy atom. The minimum Gasteiger partial charge on any atom is -0.360 e. The predicted octanol–water partition coefficient (Wildman–Crippen LogP) is 5.35. The average Bonchev–Trinajstić information content (AvgIpc) is 3.31. The molecule has 0 saturated carbocycles. The third-order valence-corrected chi connectivity index (χ3v) is 6.11. The fourth-order valence-electron chi connectivity index (χ4n) is 4.45. The number of aromatic amines is 1. The van der Waals surface area contributed by atoms with Gasteiger partial charge in [-0.3, -0.25) is 9.88 Å². The number of hydrogen-bond donors (Lipinski definition) is 1. The van der Waals surface area contributed by atoms with Crippen molar-refractivity contribution >= 4 is 17.2 Å². The first-order valence-electron chi connectivity index (χ1n) is 9.66. The molecule has 4 heterocycles. The monoisotopic (exact) mass is 393 g/mol. The zero-order chi connectivity index (χ0) is 19.1. The molecular weight excluding hydrogens is 373 g/mol. The van der Waals surface area contributed by atoms with Gasteiger partial charge in [0, 0.05) is 54.2 Å². The summed E-state index contributed by atoms with van der Waals surface area (Å²) in [6, 6.07) is 11.1. The lowest BCUT2D eigenvalue weighted by atomic mass is 9.90. The van der Waals surface area contributed by atoms with Crippen LogP contribution in [0.25, 0.3) is 28.0 Å². The van der Waals surface area contributed by atoms with E-state index in [-0.39, 0.29) is 11.2 Å². The number of alkyl halides is 1. The number of halogens is 2. The maximum atomic E-state index is 13.4. The third-order valence-electron chi connectivity index (χ3n) is 5.79. The molecule has 1 N–H and O–H groups in total. The van der Waals surface area contributed by atoms with E-state index in [4.69, 9.17) is 11.6 Å². The summed E-state index contributed by atoms with van der Waals surface area (Å²) in [7, 11) is 0. The number of aromatic nitrogens is 2. The van der Waals surface area contributed by atoms with Crippen molar-refractivity contribution in [2.24, 2.45) is 0 Å². The molecule has 0 amide bonds. The summed E-state index contributed by atoms with van der Waals surface area (Å²) in [6.07, 6.45) is 10.1. The summed E-state index contributed by atoms with van der Waals surface area (Å²) in [5.74, 6) is -0.229. The lowest BCUT2D eigenvalue weighted by molar-refractivity contribution is 0.288. The molecule has 28 heavy (non-hydrogen) atoms. The van der Waals surface area contributed by atoms with Crippen molar-refractivity contribution in [1.82, 2.24) is 14.9 Å². The fraction of sp³-hybridized carbons (Fsp3) is 0.261. The summed E-state index contributed by atoms with van der Waals surface area (Å²) in [4.78, 5) is 10.1. The Morgan fingerprint density at radius 2 is 1.86 bits per heavy atom. The topological polar surface area (TPSA) is 31.9 Å². The second-order valence-electron chi connectivity index (χ2n) is 7.53. The van der Waals surface area contributed by atoms with Crippen LogP contribution in [0.15, 0.2) is 61.1 Å². The van der Waals surface area contributed by atoms with E-state index < -0.39 is 0 Å². The molecule has 1 aromatic carbocycles. The molecule has 3 nitrogen and oxygen atoms in total. The van der Waals surface area contributed by atoms with E-state index >= 15 is 0 Å². The van der Waals surface area contributed by atoms with Crippen LogP contribution in [0, 0.1) is 5.82 Å². The first-order chi connectivity index (χ1) is 13.7. The maximum Gasteiger partial charge on any atom is 0.123 e. The van der Waals surface area contributed by atoms with E-state index in [1.807, 2.05) is 36.7 Å². The number of nitrogens with one attached hydrogen (secondary N) is 1. The molecule has 2 aliphatic rings. The van der Waals surface area contributed by atoms with Crippen LogP contribution in [0.2, 0.25) is 0 Å². The highest BCUT2D eigenvalue weighted by molar-refractivity contribution is 6.21. The number of rotatable bonds is 3. The molecule has 0 radical (unpaired) electrons. The van der Waals surface area contributed by atoms with Gasteiger partial charge in [-0.05, 0) is 65.9 Å². The summed E-state index contributed by atoms with van der Waals surface area (Å²) in [5, 5.41) is 0.237. The second kappa shape index (κ2) is 7.19. The predicted molar refractivity (Wildman–Crippen MR) is 112 cm³/mol. The van der Waals surface area contributed by atoms with Gasteiger partial charge < -0.3 is 4.98 Å². The van der Waals surface area contributed by atoms with Crippen LogP contribution in [0.3, 0.4) is 0 Å². The Balaban J connectivity index is 1.63. The smallest absolute Gasteiger partial charge is 0.123 e. The van der Waals surface area contributed by atoms with Crippen molar-refractivity contribution in [3.8, 4) is 22.4 Å². The van der Waals surface area contributed by atoms with Gasteiger partial charge in [0.15, 0.2) is 0 Å². The Labute approximate surface area is 168 Å². The first-order valence-corrected chi connectivity index (χ1v) is 10.1. The van der Waals surface area contributed by atoms with Crippen LogP contribution < -0.4 is 0 Å². The van der Waals surface area contributed by atoms with Crippen molar-refractivity contribution in [3.05, 3.63) is 72.4 Å². The summed E-state index contributed by atoms with van der Waals surface area (Å²) < 4.78 is 13.4. The number of nitrogens with zero attached hydrogens (tertiary/aromatic N) is 2. The molecule has 142 valence electrons. The molecule has 5 heteroatoms. The largest absolute Gasteiger partial charge is 0.360 e. The van der Waals surface area contributed by atoms with Crippen LogP contribution in [-0.2, 0) is 0 Å². The normalized spacial score (nSPS) is 22.1. The van der Waals surface area contributed by atoms with Crippen molar-refractivity contribution in [3.63, 3.8) is 0 Å². The van der Waals surface area contributed by atoms with Crippen LogP contribution in [0.1, 0.15) is 18.4 Å². The van der Waals surface area contributed by atoms with Gasteiger partial charge in [-0.1, -0.05) is 6.08 Å². The van der Waals surface area contributed by atoms with Gasteiger partial charge in [-0.2, -0.15) is 0 Å². The fourth-order valence-corrected chi connectivity index (χ4v) is 4.81. The standard InChI is InChI=1S/C23H21ClFN3/c24-18-12-20-11-17(7-10-28(20)14-18)21-13-27-23(16-1-3-19(25)4-2-16)22(21)15-5-8-26-9-6-15/h1-6,8-9,11,13,18,20,27H,7,10,12,14H2. The van der Waals surface area contributed by atoms with Gasteiger partial charge >= 0.3 is 0 Å². The van der Waals surface area contributed by atoms with E-state index in [0.717, 1.165) is 48.3 Å². The Bertz CT molecular complexity index is 1010. The summed E-state index contributed by atoms with van der Waals surface area (Å²) in [5.41, 5.74) is 6.79. The lowest BCUT2D eigenvalue weighted by Crippen LogP contribution is -2.32. The van der Waals surface area contributed by atoms with Crippen molar-refractivity contribution in [1.29, 1.82) is 0 Å². The highest BCUT2D eigenvalue weighted by Gasteiger charge is 2.33. The maximum absolute atomic E-state index is 13.4. The number of benzene rings is 1. The van der Waals surface area contributed by atoms with Gasteiger partial charge in [-0.15, -0.1) is 11.6 Å².